The van der Waals surface area contributed by atoms with E-state index in [0.29, 0.717) is 10.6 Å². The SMILES string of the molecule is CCc1cccc(OC(CC)c2sc(-c3ccc(C(F)(F)F)cc3)nc2C)c1. The van der Waals surface area contributed by atoms with E-state index in [1.807, 2.05) is 32.0 Å². The predicted molar refractivity (Wildman–Crippen MR) is 107 cm³/mol. The van der Waals surface area contributed by atoms with Crippen LogP contribution in [0.1, 0.15) is 48.1 Å². The van der Waals surface area contributed by atoms with Crippen LogP contribution in [0.5, 0.6) is 5.75 Å². The second-order valence-electron chi connectivity index (χ2n) is 6.56. The lowest BCUT2D eigenvalue weighted by Crippen LogP contribution is -2.06. The number of rotatable bonds is 6. The Morgan fingerprint density at radius 1 is 1.07 bits per heavy atom. The second-order valence-corrected chi connectivity index (χ2v) is 7.59. The lowest BCUT2D eigenvalue weighted by atomic mass is 10.1. The summed E-state index contributed by atoms with van der Waals surface area (Å²) in [5.74, 6) is 0.815. The van der Waals surface area contributed by atoms with Crippen LogP contribution in [-0.4, -0.2) is 4.98 Å². The first-order chi connectivity index (χ1) is 13.3. The molecule has 2 nitrogen and oxygen atoms in total. The van der Waals surface area contributed by atoms with Crippen molar-refractivity contribution in [3.63, 3.8) is 0 Å². The Morgan fingerprint density at radius 2 is 1.79 bits per heavy atom. The number of ether oxygens (including phenoxy) is 1. The number of hydrogen-bond donors (Lipinski definition) is 0. The molecule has 0 aliphatic heterocycles. The summed E-state index contributed by atoms with van der Waals surface area (Å²) in [4.78, 5) is 5.57. The fourth-order valence-electron chi connectivity index (χ4n) is 2.96. The zero-order chi connectivity index (χ0) is 20.3. The third-order valence-corrected chi connectivity index (χ3v) is 5.84. The third-order valence-electron chi connectivity index (χ3n) is 4.54. The van der Waals surface area contributed by atoms with Crippen molar-refractivity contribution in [1.29, 1.82) is 0 Å². The zero-order valence-electron chi connectivity index (χ0n) is 16.0. The highest BCUT2D eigenvalue weighted by molar-refractivity contribution is 7.15. The number of halogens is 3. The van der Waals surface area contributed by atoms with Crippen LogP contribution in [0.4, 0.5) is 13.2 Å². The molecule has 1 unspecified atom stereocenters. The monoisotopic (exact) mass is 405 g/mol. The number of aryl methyl sites for hydroxylation is 2. The Hall–Kier alpha value is -2.34. The maximum absolute atomic E-state index is 12.8. The Labute approximate surface area is 167 Å². The molecule has 0 aliphatic rings. The molecular formula is C22H22F3NOS. The molecule has 3 aromatic rings. The number of nitrogens with zero attached hydrogens (tertiary/aromatic N) is 1. The molecule has 6 heteroatoms. The molecule has 0 fully saturated rings. The van der Waals surface area contributed by atoms with Crippen LogP contribution in [0.15, 0.2) is 48.5 Å². The molecule has 1 atom stereocenters. The summed E-state index contributed by atoms with van der Waals surface area (Å²) < 4.78 is 44.5. The Bertz CT molecular complexity index is 932. The molecule has 0 radical (unpaired) electrons. The van der Waals surface area contributed by atoms with E-state index in [9.17, 15) is 13.2 Å². The lowest BCUT2D eigenvalue weighted by Gasteiger charge is -2.17. The number of hydrogen-bond acceptors (Lipinski definition) is 3. The maximum atomic E-state index is 12.8. The maximum Gasteiger partial charge on any atom is 0.416 e. The number of aromatic nitrogens is 1. The van der Waals surface area contributed by atoms with Gasteiger partial charge in [0, 0.05) is 5.56 Å². The van der Waals surface area contributed by atoms with Crippen molar-refractivity contribution >= 4 is 11.3 Å². The van der Waals surface area contributed by atoms with Crippen LogP contribution >= 0.6 is 11.3 Å². The van der Waals surface area contributed by atoms with Crippen molar-refractivity contribution in [1.82, 2.24) is 4.98 Å². The summed E-state index contributed by atoms with van der Waals surface area (Å²) in [7, 11) is 0. The summed E-state index contributed by atoms with van der Waals surface area (Å²) in [6.07, 6.45) is -2.78. The molecule has 3 rings (SSSR count). The van der Waals surface area contributed by atoms with E-state index in [2.05, 4.69) is 18.0 Å². The van der Waals surface area contributed by atoms with Crippen molar-refractivity contribution < 1.29 is 17.9 Å². The first kappa shape index (κ1) is 20.4. The van der Waals surface area contributed by atoms with Crippen LogP contribution in [0.3, 0.4) is 0 Å². The molecule has 28 heavy (non-hydrogen) atoms. The quantitative estimate of drug-likeness (QED) is 0.431. The zero-order valence-corrected chi connectivity index (χ0v) is 16.8. The first-order valence-corrected chi connectivity index (χ1v) is 10.0. The van der Waals surface area contributed by atoms with Gasteiger partial charge in [-0.05, 0) is 49.6 Å². The average molecular weight is 405 g/mol. The smallest absolute Gasteiger partial charge is 0.416 e. The molecule has 0 saturated heterocycles. The highest BCUT2D eigenvalue weighted by Crippen LogP contribution is 2.37. The van der Waals surface area contributed by atoms with Crippen LogP contribution < -0.4 is 4.74 Å². The summed E-state index contributed by atoms with van der Waals surface area (Å²) >= 11 is 1.47. The number of thiazole rings is 1. The van der Waals surface area contributed by atoms with Gasteiger partial charge in [0.2, 0.25) is 0 Å². The molecule has 148 valence electrons. The minimum atomic E-state index is -4.34. The fourth-order valence-corrected chi connectivity index (χ4v) is 4.14. The summed E-state index contributed by atoms with van der Waals surface area (Å²) in [5, 5.41) is 0.700. The molecule has 0 aliphatic carbocycles. The molecule has 0 bridgehead atoms. The van der Waals surface area contributed by atoms with E-state index >= 15 is 0 Å². The van der Waals surface area contributed by atoms with Gasteiger partial charge in [-0.1, -0.05) is 38.1 Å². The average Bonchev–Trinajstić information content (AvgIpc) is 3.07. The van der Waals surface area contributed by atoms with Crippen molar-refractivity contribution in [2.45, 2.75) is 45.9 Å². The van der Waals surface area contributed by atoms with Gasteiger partial charge in [0.05, 0.1) is 16.1 Å². The van der Waals surface area contributed by atoms with E-state index in [-0.39, 0.29) is 6.10 Å². The van der Waals surface area contributed by atoms with E-state index in [1.165, 1.54) is 29.0 Å². The molecule has 0 saturated carbocycles. The molecule has 0 N–H and O–H groups in total. The highest BCUT2D eigenvalue weighted by atomic mass is 32.1. The molecule has 0 amide bonds. The van der Waals surface area contributed by atoms with Crippen molar-refractivity contribution in [3.05, 3.63) is 70.2 Å². The summed E-state index contributed by atoms with van der Waals surface area (Å²) in [5.41, 5.74) is 2.07. The Balaban J connectivity index is 1.85. The van der Waals surface area contributed by atoms with E-state index < -0.39 is 11.7 Å². The van der Waals surface area contributed by atoms with Gasteiger partial charge in [0.15, 0.2) is 0 Å². The van der Waals surface area contributed by atoms with Crippen LogP contribution in [-0.2, 0) is 12.6 Å². The molecule has 2 aromatic carbocycles. The molecule has 1 heterocycles. The van der Waals surface area contributed by atoms with Gasteiger partial charge >= 0.3 is 6.18 Å². The van der Waals surface area contributed by atoms with Gasteiger partial charge < -0.3 is 4.74 Å². The fraction of sp³-hybridized carbons (Fsp3) is 0.318. The Morgan fingerprint density at radius 3 is 2.39 bits per heavy atom. The first-order valence-electron chi connectivity index (χ1n) is 9.22. The molecule has 1 aromatic heterocycles. The van der Waals surface area contributed by atoms with Gasteiger partial charge in [0.1, 0.15) is 16.9 Å². The summed E-state index contributed by atoms with van der Waals surface area (Å²) in [6.45, 7) is 6.05. The van der Waals surface area contributed by atoms with Gasteiger partial charge in [-0.3, -0.25) is 0 Å². The Kier molecular flexibility index (Phi) is 6.08. The van der Waals surface area contributed by atoms with Crippen molar-refractivity contribution in [3.8, 4) is 16.3 Å². The van der Waals surface area contributed by atoms with Crippen LogP contribution in [0.25, 0.3) is 10.6 Å². The van der Waals surface area contributed by atoms with E-state index in [4.69, 9.17) is 4.74 Å². The minimum absolute atomic E-state index is 0.146. The van der Waals surface area contributed by atoms with Gasteiger partial charge in [-0.2, -0.15) is 13.2 Å². The van der Waals surface area contributed by atoms with E-state index in [0.717, 1.165) is 41.3 Å². The van der Waals surface area contributed by atoms with Gasteiger partial charge in [-0.25, -0.2) is 4.98 Å². The van der Waals surface area contributed by atoms with Crippen molar-refractivity contribution in [2.24, 2.45) is 0 Å². The van der Waals surface area contributed by atoms with E-state index in [1.54, 1.807) is 0 Å². The normalized spacial score (nSPS) is 12.8. The lowest BCUT2D eigenvalue weighted by molar-refractivity contribution is -0.137. The highest BCUT2D eigenvalue weighted by Gasteiger charge is 2.30. The largest absolute Gasteiger partial charge is 0.485 e. The molecule has 0 spiro atoms. The van der Waals surface area contributed by atoms with Gasteiger partial charge in [-0.15, -0.1) is 11.3 Å². The van der Waals surface area contributed by atoms with Crippen LogP contribution in [0, 0.1) is 6.92 Å². The second kappa shape index (κ2) is 8.35. The third kappa shape index (κ3) is 4.55. The number of benzene rings is 2. The summed E-state index contributed by atoms with van der Waals surface area (Å²) in [6, 6.07) is 13.1. The number of alkyl halides is 3. The van der Waals surface area contributed by atoms with Crippen molar-refractivity contribution in [2.75, 3.05) is 0 Å². The van der Waals surface area contributed by atoms with Gasteiger partial charge in [0.25, 0.3) is 0 Å². The topological polar surface area (TPSA) is 22.1 Å². The van der Waals surface area contributed by atoms with Crippen LogP contribution in [0.2, 0.25) is 0 Å². The minimum Gasteiger partial charge on any atom is -0.485 e. The predicted octanol–water partition coefficient (Wildman–Crippen LogP) is 7.23. The molecular weight excluding hydrogens is 383 g/mol. The standard InChI is InChI=1S/C22H22F3NOS/c1-4-15-7-6-8-18(13-15)27-19(5-2)20-14(3)26-21(28-20)16-9-11-17(12-10-16)22(23,24)25/h6-13,19H,4-5H2,1-3H3.